The Hall–Kier alpha value is -1.79. The average molecular weight is 303 g/mol. The lowest BCUT2D eigenvalue weighted by Gasteiger charge is -2.30. The summed E-state index contributed by atoms with van der Waals surface area (Å²) in [7, 11) is 0. The number of aryl methyl sites for hydroxylation is 1. The molecule has 1 aliphatic rings. The Morgan fingerprint density at radius 1 is 1.48 bits per heavy atom. The van der Waals surface area contributed by atoms with Crippen LogP contribution in [0, 0.1) is 6.92 Å². The molecule has 5 nitrogen and oxygen atoms in total. The van der Waals surface area contributed by atoms with Crippen molar-refractivity contribution in [2.75, 3.05) is 19.7 Å². The fourth-order valence-electron chi connectivity index (χ4n) is 2.34. The highest BCUT2D eigenvalue weighted by Gasteiger charge is 2.26. The van der Waals surface area contributed by atoms with Gasteiger partial charge in [0, 0.05) is 19.3 Å². The Bertz CT molecular complexity index is 642. The van der Waals surface area contributed by atoms with Gasteiger partial charge in [-0.05, 0) is 26.0 Å². The summed E-state index contributed by atoms with van der Waals surface area (Å²) in [5, 5.41) is 0.790. The van der Waals surface area contributed by atoms with Crippen LogP contribution in [0.15, 0.2) is 24.4 Å². The van der Waals surface area contributed by atoms with Crippen LogP contribution in [0.5, 0.6) is 0 Å². The molecule has 6 heteroatoms. The maximum Gasteiger partial charge on any atom is 0.266 e. The smallest absolute Gasteiger partial charge is 0.266 e. The lowest BCUT2D eigenvalue weighted by Crippen LogP contribution is -2.44. The molecule has 0 bridgehead atoms. The van der Waals surface area contributed by atoms with E-state index in [9.17, 15) is 4.79 Å². The van der Waals surface area contributed by atoms with Crippen molar-refractivity contribution in [3.63, 3.8) is 0 Å². The quantitative estimate of drug-likeness (QED) is 0.854. The summed E-state index contributed by atoms with van der Waals surface area (Å²) in [5.74, 6) is 0.0438. The number of pyridine rings is 1. The van der Waals surface area contributed by atoms with Crippen LogP contribution in [0.1, 0.15) is 22.3 Å². The number of rotatable bonds is 2. The molecule has 110 valence electrons. The van der Waals surface area contributed by atoms with Gasteiger partial charge in [-0.25, -0.2) is 4.98 Å². The Balaban J connectivity index is 1.86. The van der Waals surface area contributed by atoms with Crippen molar-refractivity contribution < 1.29 is 9.53 Å². The van der Waals surface area contributed by atoms with Crippen molar-refractivity contribution in [3.8, 4) is 10.7 Å². The highest BCUT2D eigenvalue weighted by atomic mass is 32.1. The van der Waals surface area contributed by atoms with Gasteiger partial charge in [0.2, 0.25) is 0 Å². The third-order valence-electron chi connectivity index (χ3n) is 3.40. The number of amides is 1. The van der Waals surface area contributed by atoms with Crippen molar-refractivity contribution in [2.45, 2.75) is 20.0 Å². The van der Waals surface area contributed by atoms with Crippen LogP contribution in [-0.4, -0.2) is 46.6 Å². The van der Waals surface area contributed by atoms with Gasteiger partial charge in [-0.2, -0.15) is 0 Å². The van der Waals surface area contributed by atoms with E-state index in [2.05, 4.69) is 9.97 Å². The van der Waals surface area contributed by atoms with Gasteiger partial charge in [0.1, 0.15) is 9.88 Å². The van der Waals surface area contributed by atoms with E-state index in [1.807, 2.05) is 36.9 Å². The molecule has 21 heavy (non-hydrogen) atoms. The highest BCUT2D eigenvalue weighted by Crippen LogP contribution is 2.27. The number of carbonyl (C=O) groups is 1. The lowest BCUT2D eigenvalue weighted by molar-refractivity contribution is -0.0122. The summed E-state index contributed by atoms with van der Waals surface area (Å²) >= 11 is 1.41. The topological polar surface area (TPSA) is 55.3 Å². The molecule has 0 aliphatic carbocycles. The molecular weight excluding hydrogens is 286 g/mol. The maximum absolute atomic E-state index is 12.6. The summed E-state index contributed by atoms with van der Waals surface area (Å²) in [6.07, 6.45) is 1.82. The highest BCUT2D eigenvalue weighted by molar-refractivity contribution is 7.17. The Morgan fingerprint density at radius 3 is 3.05 bits per heavy atom. The first kappa shape index (κ1) is 14.2. The lowest BCUT2D eigenvalue weighted by atomic mass is 10.2. The Labute approximate surface area is 127 Å². The summed E-state index contributed by atoms with van der Waals surface area (Å²) in [6.45, 7) is 5.73. The van der Waals surface area contributed by atoms with Crippen molar-refractivity contribution in [1.82, 2.24) is 14.9 Å². The van der Waals surface area contributed by atoms with Gasteiger partial charge in [0.25, 0.3) is 5.91 Å². The van der Waals surface area contributed by atoms with Crippen LogP contribution in [-0.2, 0) is 4.74 Å². The molecule has 0 N–H and O–H groups in total. The fourth-order valence-corrected chi connectivity index (χ4v) is 3.35. The molecule has 3 heterocycles. The number of aromatic nitrogens is 2. The second-order valence-electron chi connectivity index (χ2n) is 5.08. The largest absolute Gasteiger partial charge is 0.375 e. The molecule has 0 aromatic carbocycles. The standard InChI is InChI=1S/C15H17N3O2S/c1-10-9-18(7-8-20-10)15(19)13-11(2)17-14(21-13)12-5-3-4-6-16-12/h3-6,10H,7-9H2,1-2H3. The first-order valence-corrected chi connectivity index (χ1v) is 7.76. The van der Waals surface area contributed by atoms with Gasteiger partial charge in [-0.3, -0.25) is 9.78 Å². The van der Waals surface area contributed by atoms with Gasteiger partial charge >= 0.3 is 0 Å². The molecule has 0 spiro atoms. The van der Waals surface area contributed by atoms with Gasteiger partial charge in [0.05, 0.1) is 24.1 Å². The van der Waals surface area contributed by atoms with Gasteiger partial charge in [-0.1, -0.05) is 6.07 Å². The van der Waals surface area contributed by atoms with E-state index < -0.39 is 0 Å². The molecule has 1 atom stereocenters. The SMILES string of the molecule is Cc1nc(-c2ccccn2)sc1C(=O)N1CCOC(C)C1. The predicted octanol–water partition coefficient (Wildman–Crippen LogP) is 2.37. The monoisotopic (exact) mass is 303 g/mol. The summed E-state index contributed by atoms with van der Waals surface area (Å²) in [5.41, 5.74) is 1.57. The zero-order valence-electron chi connectivity index (χ0n) is 12.1. The number of hydrogen-bond donors (Lipinski definition) is 0. The molecule has 1 unspecified atom stereocenters. The number of ether oxygens (including phenoxy) is 1. The van der Waals surface area contributed by atoms with Crippen LogP contribution in [0.2, 0.25) is 0 Å². The van der Waals surface area contributed by atoms with Gasteiger partial charge in [-0.15, -0.1) is 11.3 Å². The molecule has 3 rings (SSSR count). The summed E-state index contributed by atoms with van der Waals surface area (Å²) in [6, 6.07) is 5.69. The predicted molar refractivity (Wildman–Crippen MR) is 81.4 cm³/mol. The van der Waals surface area contributed by atoms with E-state index in [4.69, 9.17) is 4.74 Å². The fraction of sp³-hybridized carbons (Fsp3) is 0.400. The number of carbonyl (C=O) groups excluding carboxylic acids is 1. The Morgan fingerprint density at radius 2 is 2.33 bits per heavy atom. The van der Waals surface area contributed by atoms with Crippen LogP contribution in [0.25, 0.3) is 10.7 Å². The minimum atomic E-state index is 0.0438. The summed E-state index contributed by atoms with van der Waals surface area (Å²) < 4.78 is 5.48. The molecule has 1 amide bonds. The van der Waals surface area contributed by atoms with E-state index in [0.717, 1.165) is 16.4 Å². The first-order chi connectivity index (χ1) is 10.1. The van der Waals surface area contributed by atoms with Crippen LogP contribution >= 0.6 is 11.3 Å². The molecule has 0 radical (unpaired) electrons. The van der Waals surface area contributed by atoms with E-state index in [1.54, 1.807) is 6.20 Å². The van der Waals surface area contributed by atoms with E-state index >= 15 is 0 Å². The molecule has 2 aromatic rings. The third kappa shape index (κ3) is 2.96. The summed E-state index contributed by atoms with van der Waals surface area (Å²) in [4.78, 5) is 24.0. The van der Waals surface area contributed by atoms with E-state index in [1.165, 1.54) is 11.3 Å². The maximum atomic E-state index is 12.6. The zero-order chi connectivity index (χ0) is 14.8. The Kier molecular flexibility index (Phi) is 3.98. The van der Waals surface area contributed by atoms with E-state index in [-0.39, 0.29) is 12.0 Å². The minimum absolute atomic E-state index is 0.0438. The molecule has 1 saturated heterocycles. The molecule has 1 fully saturated rings. The van der Waals surface area contributed by atoms with Gasteiger partial charge < -0.3 is 9.64 Å². The number of nitrogens with zero attached hydrogens (tertiary/aromatic N) is 3. The van der Waals surface area contributed by atoms with Crippen molar-refractivity contribution in [3.05, 3.63) is 35.0 Å². The zero-order valence-corrected chi connectivity index (χ0v) is 12.9. The van der Waals surface area contributed by atoms with Crippen LogP contribution < -0.4 is 0 Å². The molecule has 1 aliphatic heterocycles. The number of morpholine rings is 1. The molecule has 0 saturated carbocycles. The third-order valence-corrected chi connectivity index (χ3v) is 4.57. The van der Waals surface area contributed by atoms with Crippen molar-refractivity contribution in [1.29, 1.82) is 0 Å². The van der Waals surface area contributed by atoms with Gasteiger partial charge in [0.15, 0.2) is 0 Å². The second-order valence-corrected chi connectivity index (χ2v) is 6.08. The minimum Gasteiger partial charge on any atom is -0.375 e. The van der Waals surface area contributed by atoms with Crippen molar-refractivity contribution in [2.24, 2.45) is 0 Å². The second kappa shape index (κ2) is 5.91. The van der Waals surface area contributed by atoms with E-state index in [0.29, 0.717) is 24.6 Å². The van der Waals surface area contributed by atoms with Crippen LogP contribution in [0.4, 0.5) is 0 Å². The van der Waals surface area contributed by atoms with Crippen LogP contribution in [0.3, 0.4) is 0 Å². The molecule has 2 aromatic heterocycles. The number of hydrogen-bond acceptors (Lipinski definition) is 5. The average Bonchev–Trinajstić information content (AvgIpc) is 2.89. The normalized spacial score (nSPS) is 18.8. The van der Waals surface area contributed by atoms with Crippen molar-refractivity contribution >= 4 is 17.2 Å². The molecular formula is C15H17N3O2S. The first-order valence-electron chi connectivity index (χ1n) is 6.95. The number of thiazole rings is 1.